The smallest absolute Gasteiger partial charge is 0.244 e. The van der Waals surface area contributed by atoms with Gasteiger partial charge in [-0.3, -0.25) is 4.57 Å². The van der Waals surface area contributed by atoms with Crippen molar-refractivity contribution in [1.29, 1.82) is 0 Å². The van der Waals surface area contributed by atoms with E-state index in [0.717, 1.165) is 0 Å². The van der Waals surface area contributed by atoms with Gasteiger partial charge in [0.1, 0.15) is 17.7 Å². The number of nitrogen functional groups attached to an aromatic ring is 1. The van der Waals surface area contributed by atoms with Crippen molar-refractivity contribution in [3.05, 3.63) is 12.5 Å². The van der Waals surface area contributed by atoms with Crippen LogP contribution in [0.25, 0.3) is 11.2 Å². The van der Waals surface area contributed by atoms with Gasteiger partial charge in [0, 0.05) is 5.38 Å². The van der Waals surface area contributed by atoms with Gasteiger partial charge in [-0.05, 0) is 24.4 Å². The molecule has 0 spiro atoms. The van der Waals surface area contributed by atoms with Crippen LogP contribution in [0.3, 0.4) is 0 Å². The molecule has 2 unspecified atom stereocenters. The summed E-state index contributed by atoms with van der Waals surface area (Å²) in [5.41, 5.74) is 3.55. The molecule has 0 bridgehead atoms. The van der Waals surface area contributed by atoms with Crippen molar-refractivity contribution in [3.8, 4) is 11.3 Å². The topological polar surface area (TPSA) is 119 Å². The lowest BCUT2D eigenvalue weighted by molar-refractivity contribution is -0.0776. The van der Waals surface area contributed by atoms with Gasteiger partial charge in [-0.15, -0.1) is 0 Å². The fraction of sp³-hybridized carbons (Fsp3) is 0.462. The Labute approximate surface area is 135 Å². The monoisotopic (exact) mass is 341 g/mol. The third-order valence-corrected chi connectivity index (χ3v) is 3.78. The minimum atomic E-state index is -2.56. The molecule has 122 valence electrons. The predicted octanol–water partition coefficient (Wildman–Crippen LogP) is -0.0444. The summed E-state index contributed by atoms with van der Waals surface area (Å²) in [6.07, 6.45) is -2.81. The molecule has 1 saturated heterocycles. The van der Waals surface area contributed by atoms with Gasteiger partial charge in [0.05, 0.1) is 18.6 Å². The number of aliphatic hydroxyl groups excluding tert-OH is 2. The summed E-state index contributed by atoms with van der Waals surface area (Å²) in [6, 6.07) is 0. The first-order chi connectivity index (χ1) is 10.9. The minimum absolute atomic E-state index is 0.0299. The molecule has 1 aliphatic rings. The SMILES string of the molecule is C[C@@H](O)[C@H]1O[C@@H](n2cnc3cnc(N)nc32)C(F)(C#CCl)C1O. The molecule has 23 heavy (non-hydrogen) atoms. The fourth-order valence-electron chi connectivity index (χ4n) is 2.57. The van der Waals surface area contributed by atoms with E-state index in [0.29, 0.717) is 5.52 Å². The lowest BCUT2D eigenvalue weighted by atomic mass is 9.95. The number of aromatic nitrogens is 4. The zero-order valence-corrected chi connectivity index (χ0v) is 12.6. The van der Waals surface area contributed by atoms with Gasteiger partial charge in [-0.1, -0.05) is 0 Å². The molecule has 10 heteroatoms. The fourth-order valence-corrected chi connectivity index (χ4v) is 2.72. The van der Waals surface area contributed by atoms with Crippen molar-refractivity contribution in [2.24, 2.45) is 0 Å². The van der Waals surface area contributed by atoms with Crippen molar-refractivity contribution in [2.75, 3.05) is 5.73 Å². The molecule has 0 radical (unpaired) electrons. The molecule has 0 saturated carbocycles. The molecule has 8 nitrogen and oxygen atoms in total. The summed E-state index contributed by atoms with van der Waals surface area (Å²) in [6.45, 7) is 1.37. The molecule has 0 aliphatic carbocycles. The Balaban J connectivity index is 2.14. The summed E-state index contributed by atoms with van der Waals surface area (Å²) >= 11 is 5.33. The van der Waals surface area contributed by atoms with Crippen molar-refractivity contribution < 1.29 is 19.3 Å². The summed E-state index contributed by atoms with van der Waals surface area (Å²) in [4.78, 5) is 11.8. The van der Waals surface area contributed by atoms with Crippen LogP contribution < -0.4 is 5.73 Å². The second-order valence-electron chi connectivity index (χ2n) is 5.21. The number of ether oxygens (including phenoxy) is 1. The van der Waals surface area contributed by atoms with Crippen LogP contribution in [0, 0.1) is 11.3 Å². The highest BCUT2D eigenvalue weighted by Gasteiger charge is 2.59. The Morgan fingerprint density at radius 1 is 1.57 bits per heavy atom. The first-order valence-corrected chi connectivity index (χ1v) is 7.04. The van der Waals surface area contributed by atoms with Crippen LogP contribution in [-0.2, 0) is 4.74 Å². The molecule has 0 aromatic carbocycles. The van der Waals surface area contributed by atoms with Crippen LogP contribution in [0.5, 0.6) is 0 Å². The Morgan fingerprint density at radius 2 is 2.30 bits per heavy atom. The second kappa shape index (κ2) is 5.58. The predicted molar refractivity (Wildman–Crippen MR) is 78.8 cm³/mol. The summed E-state index contributed by atoms with van der Waals surface area (Å²) in [5, 5.41) is 21.8. The van der Waals surface area contributed by atoms with Crippen LogP contribution in [0.15, 0.2) is 12.5 Å². The lowest BCUT2D eigenvalue weighted by Gasteiger charge is -2.23. The number of halogens is 2. The van der Waals surface area contributed by atoms with Crippen molar-refractivity contribution >= 4 is 28.7 Å². The van der Waals surface area contributed by atoms with E-state index in [1.807, 2.05) is 5.38 Å². The first-order valence-electron chi connectivity index (χ1n) is 6.67. The number of hydrogen-bond acceptors (Lipinski definition) is 7. The first kappa shape index (κ1) is 15.9. The summed E-state index contributed by atoms with van der Waals surface area (Å²) < 4.78 is 22.0. The van der Waals surface area contributed by atoms with E-state index in [4.69, 9.17) is 22.1 Å². The Morgan fingerprint density at radius 3 is 2.96 bits per heavy atom. The standard InChI is InChI=1S/C13H13ClFN5O3/c1-6(21)8-9(22)13(15,2-3-14)11(23-8)20-5-18-7-4-17-12(16)19-10(7)20/h4-6,8-9,11,21-22H,1H3,(H2,16,17,19)/t6-,8-,9?,11-,13?/m1/s1. The number of nitrogens with zero attached hydrogens (tertiary/aromatic N) is 4. The summed E-state index contributed by atoms with van der Waals surface area (Å²) in [5.74, 6) is 2.08. The number of rotatable bonds is 2. The largest absolute Gasteiger partial charge is 0.391 e. The number of nitrogens with two attached hydrogens (primary N) is 1. The van der Waals surface area contributed by atoms with E-state index >= 15 is 4.39 Å². The van der Waals surface area contributed by atoms with Gasteiger partial charge in [0.15, 0.2) is 11.9 Å². The van der Waals surface area contributed by atoms with Gasteiger partial charge >= 0.3 is 0 Å². The maximum absolute atomic E-state index is 15.3. The van der Waals surface area contributed by atoms with E-state index < -0.39 is 30.2 Å². The van der Waals surface area contributed by atoms with Crippen LogP contribution >= 0.6 is 11.6 Å². The van der Waals surface area contributed by atoms with E-state index in [9.17, 15) is 10.2 Å². The van der Waals surface area contributed by atoms with Crippen LogP contribution in [-0.4, -0.2) is 53.7 Å². The zero-order chi connectivity index (χ0) is 16.8. The van der Waals surface area contributed by atoms with Gasteiger partial charge in [0.25, 0.3) is 0 Å². The third-order valence-electron chi connectivity index (χ3n) is 3.69. The number of alkyl halides is 1. The normalized spacial score (nSPS) is 31.8. The third kappa shape index (κ3) is 2.40. The van der Waals surface area contributed by atoms with Crippen molar-refractivity contribution in [1.82, 2.24) is 19.5 Å². The molecule has 5 atom stereocenters. The number of anilines is 1. The average Bonchev–Trinajstić information content (AvgIpc) is 3.00. The maximum Gasteiger partial charge on any atom is 0.244 e. The van der Waals surface area contributed by atoms with E-state index in [1.54, 1.807) is 0 Å². The van der Waals surface area contributed by atoms with E-state index in [1.165, 1.54) is 24.0 Å². The van der Waals surface area contributed by atoms with Gasteiger partial charge in [0.2, 0.25) is 11.6 Å². The van der Waals surface area contributed by atoms with Crippen molar-refractivity contribution in [2.45, 2.75) is 37.1 Å². The highest BCUT2D eigenvalue weighted by Crippen LogP contribution is 2.43. The van der Waals surface area contributed by atoms with Gasteiger partial charge < -0.3 is 20.7 Å². The number of hydrogen-bond donors (Lipinski definition) is 3. The number of aliphatic hydroxyl groups is 2. The molecular formula is C13H13ClFN5O3. The van der Waals surface area contributed by atoms with Crippen LogP contribution in [0.1, 0.15) is 13.2 Å². The van der Waals surface area contributed by atoms with Crippen LogP contribution in [0.4, 0.5) is 10.3 Å². The Hall–Kier alpha value is -1.99. The van der Waals surface area contributed by atoms with Gasteiger partial charge in [-0.25, -0.2) is 14.4 Å². The highest BCUT2D eigenvalue weighted by atomic mass is 35.5. The van der Waals surface area contributed by atoms with Gasteiger partial charge in [-0.2, -0.15) is 4.98 Å². The molecule has 3 rings (SSSR count). The van der Waals surface area contributed by atoms with E-state index in [-0.39, 0.29) is 11.6 Å². The summed E-state index contributed by atoms with van der Waals surface area (Å²) in [7, 11) is 0. The number of imidazole rings is 1. The highest BCUT2D eigenvalue weighted by molar-refractivity contribution is 6.30. The average molecular weight is 342 g/mol. The second-order valence-corrected chi connectivity index (χ2v) is 5.40. The minimum Gasteiger partial charge on any atom is -0.391 e. The van der Waals surface area contributed by atoms with Crippen molar-refractivity contribution in [3.63, 3.8) is 0 Å². The molecule has 0 amide bonds. The molecule has 1 aliphatic heterocycles. The zero-order valence-electron chi connectivity index (χ0n) is 11.9. The Bertz CT molecular complexity index is 804. The number of fused-ring (bicyclic) bond motifs is 1. The molecule has 3 heterocycles. The molecular weight excluding hydrogens is 329 g/mol. The molecule has 2 aromatic heterocycles. The van der Waals surface area contributed by atoms with Crippen LogP contribution in [0.2, 0.25) is 0 Å². The quantitative estimate of drug-likeness (QED) is 0.655. The van der Waals surface area contributed by atoms with E-state index in [2.05, 4.69) is 20.9 Å². The lowest BCUT2D eigenvalue weighted by Crippen LogP contribution is -2.44. The maximum atomic E-state index is 15.3. The Kier molecular flexibility index (Phi) is 3.85. The molecule has 2 aromatic rings. The molecule has 1 fully saturated rings. The molecule has 4 N–H and O–H groups in total.